The Bertz CT molecular complexity index is 190. The largest absolute Gasteiger partial charge is 0.376 e. The summed E-state index contributed by atoms with van der Waals surface area (Å²) in [6.07, 6.45) is 3.63. The maximum absolute atomic E-state index is 11.5. The van der Waals surface area contributed by atoms with Crippen LogP contribution in [0.5, 0.6) is 0 Å². The second kappa shape index (κ2) is 6.80. The second-order valence-electron chi connectivity index (χ2n) is 3.90. The van der Waals surface area contributed by atoms with Crippen LogP contribution in [0, 0.1) is 0 Å². The molecule has 1 unspecified atom stereocenters. The van der Waals surface area contributed by atoms with Gasteiger partial charge in [0, 0.05) is 26.8 Å². The SMILES string of the molecule is CCOCC(=O)N(C)CC1CCCCO1. The van der Waals surface area contributed by atoms with Crippen LogP contribution in [0.1, 0.15) is 26.2 Å². The van der Waals surface area contributed by atoms with Gasteiger partial charge in [0.1, 0.15) is 6.61 Å². The van der Waals surface area contributed by atoms with Gasteiger partial charge in [0.2, 0.25) is 5.91 Å². The van der Waals surface area contributed by atoms with Crippen molar-refractivity contribution in [3.63, 3.8) is 0 Å². The van der Waals surface area contributed by atoms with Crippen molar-refractivity contribution < 1.29 is 14.3 Å². The average molecular weight is 215 g/mol. The zero-order valence-corrected chi connectivity index (χ0v) is 9.70. The highest BCUT2D eigenvalue weighted by Gasteiger charge is 2.18. The summed E-state index contributed by atoms with van der Waals surface area (Å²) in [5.41, 5.74) is 0. The molecule has 0 bridgehead atoms. The number of hydrogen-bond donors (Lipinski definition) is 0. The third kappa shape index (κ3) is 4.62. The summed E-state index contributed by atoms with van der Waals surface area (Å²) in [6.45, 7) is 4.17. The Kier molecular flexibility index (Phi) is 5.65. The number of carbonyl (C=O) groups excluding carboxylic acids is 1. The van der Waals surface area contributed by atoms with E-state index in [1.807, 2.05) is 6.92 Å². The van der Waals surface area contributed by atoms with Crippen LogP contribution >= 0.6 is 0 Å². The number of carbonyl (C=O) groups is 1. The fourth-order valence-electron chi connectivity index (χ4n) is 1.66. The summed E-state index contributed by atoms with van der Waals surface area (Å²) in [5.74, 6) is 0.0334. The lowest BCUT2D eigenvalue weighted by molar-refractivity contribution is -0.137. The van der Waals surface area contributed by atoms with Gasteiger partial charge in [0.25, 0.3) is 0 Å². The van der Waals surface area contributed by atoms with Crippen LogP contribution in [-0.4, -0.2) is 50.3 Å². The molecule has 4 nitrogen and oxygen atoms in total. The second-order valence-corrected chi connectivity index (χ2v) is 3.90. The molecule has 0 radical (unpaired) electrons. The lowest BCUT2D eigenvalue weighted by Crippen LogP contribution is -2.38. The van der Waals surface area contributed by atoms with E-state index < -0.39 is 0 Å². The quantitative estimate of drug-likeness (QED) is 0.688. The zero-order valence-electron chi connectivity index (χ0n) is 9.70. The molecule has 1 amide bonds. The fraction of sp³-hybridized carbons (Fsp3) is 0.909. The topological polar surface area (TPSA) is 38.8 Å². The van der Waals surface area contributed by atoms with E-state index in [4.69, 9.17) is 9.47 Å². The molecule has 88 valence electrons. The molecule has 1 aliphatic rings. The van der Waals surface area contributed by atoms with Gasteiger partial charge in [-0.3, -0.25) is 4.79 Å². The van der Waals surface area contributed by atoms with E-state index in [0.717, 1.165) is 19.4 Å². The van der Waals surface area contributed by atoms with E-state index >= 15 is 0 Å². The minimum Gasteiger partial charge on any atom is -0.376 e. The monoisotopic (exact) mass is 215 g/mol. The highest BCUT2D eigenvalue weighted by molar-refractivity contribution is 5.77. The normalized spacial score (nSPS) is 21.3. The molecule has 0 aromatic heterocycles. The van der Waals surface area contributed by atoms with Gasteiger partial charge >= 0.3 is 0 Å². The Morgan fingerprint density at radius 3 is 2.93 bits per heavy atom. The smallest absolute Gasteiger partial charge is 0.248 e. The summed E-state index contributed by atoms with van der Waals surface area (Å²) >= 11 is 0. The summed E-state index contributed by atoms with van der Waals surface area (Å²) in [4.78, 5) is 13.2. The maximum Gasteiger partial charge on any atom is 0.248 e. The molecule has 1 atom stereocenters. The van der Waals surface area contributed by atoms with Gasteiger partial charge in [-0.2, -0.15) is 0 Å². The van der Waals surface area contributed by atoms with Crippen LogP contribution in [0.2, 0.25) is 0 Å². The molecule has 15 heavy (non-hydrogen) atoms. The molecule has 1 fully saturated rings. The van der Waals surface area contributed by atoms with E-state index in [0.29, 0.717) is 13.2 Å². The molecule has 0 N–H and O–H groups in total. The number of nitrogens with zero attached hydrogens (tertiary/aromatic N) is 1. The first kappa shape index (κ1) is 12.5. The van der Waals surface area contributed by atoms with E-state index in [1.54, 1.807) is 11.9 Å². The number of likely N-dealkylation sites (N-methyl/N-ethyl adjacent to an activating group) is 1. The molecule has 0 aliphatic carbocycles. The van der Waals surface area contributed by atoms with Gasteiger partial charge in [-0.05, 0) is 26.2 Å². The Morgan fingerprint density at radius 2 is 2.33 bits per heavy atom. The molecule has 0 spiro atoms. The van der Waals surface area contributed by atoms with Crippen molar-refractivity contribution >= 4 is 5.91 Å². The van der Waals surface area contributed by atoms with Crippen LogP contribution in [-0.2, 0) is 14.3 Å². The van der Waals surface area contributed by atoms with Crippen molar-refractivity contribution in [2.45, 2.75) is 32.3 Å². The van der Waals surface area contributed by atoms with Crippen LogP contribution in [0.25, 0.3) is 0 Å². The minimum atomic E-state index is 0.0334. The molecule has 1 rings (SSSR count). The summed E-state index contributed by atoms with van der Waals surface area (Å²) in [5, 5.41) is 0. The standard InChI is InChI=1S/C11H21NO3/c1-3-14-9-11(13)12(2)8-10-6-4-5-7-15-10/h10H,3-9H2,1-2H3. The predicted molar refractivity (Wildman–Crippen MR) is 57.7 cm³/mol. The first-order valence-corrected chi connectivity index (χ1v) is 5.67. The number of rotatable bonds is 5. The van der Waals surface area contributed by atoms with Crippen molar-refractivity contribution in [1.82, 2.24) is 4.90 Å². The van der Waals surface area contributed by atoms with Gasteiger partial charge < -0.3 is 14.4 Å². The summed E-state index contributed by atoms with van der Waals surface area (Å²) < 4.78 is 10.6. The van der Waals surface area contributed by atoms with Gasteiger partial charge in [0.15, 0.2) is 0 Å². The summed E-state index contributed by atoms with van der Waals surface area (Å²) in [6, 6.07) is 0. The lowest BCUT2D eigenvalue weighted by Gasteiger charge is -2.27. The van der Waals surface area contributed by atoms with Crippen molar-refractivity contribution in [3.8, 4) is 0 Å². The van der Waals surface area contributed by atoms with Crippen LogP contribution in [0.3, 0.4) is 0 Å². The number of amides is 1. The fourth-order valence-corrected chi connectivity index (χ4v) is 1.66. The van der Waals surface area contributed by atoms with Crippen molar-refractivity contribution in [1.29, 1.82) is 0 Å². The van der Waals surface area contributed by atoms with E-state index in [2.05, 4.69) is 0 Å². The Hall–Kier alpha value is -0.610. The Morgan fingerprint density at radius 1 is 1.53 bits per heavy atom. The Balaban J connectivity index is 2.20. The maximum atomic E-state index is 11.5. The number of ether oxygens (including phenoxy) is 2. The molecule has 0 aromatic carbocycles. The molecular weight excluding hydrogens is 194 g/mol. The molecule has 4 heteroatoms. The third-order valence-corrected chi connectivity index (χ3v) is 2.61. The first-order chi connectivity index (χ1) is 7.24. The van der Waals surface area contributed by atoms with Crippen molar-refractivity contribution in [2.24, 2.45) is 0 Å². The highest BCUT2D eigenvalue weighted by atomic mass is 16.5. The lowest BCUT2D eigenvalue weighted by atomic mass is 10.1. The van der Waals surface area contributed by atoms with Gasteiger partial charge in [-0.1, -0.05) is 0 Å². The van der Waals surface area contributed by atoms with Crippen LogP contribution < -0.4 is 0 Å². The Labute approximate surface area is 91.5 Å². The van der Waals surface area contributed by atoms with E-state index in [1.165, 1.54) is 6.42 Å². The molecular formula is C11H21NO3. The van der Waals surface area contributed by atoms with Gasteiger partial charge in [-0.15, -0.1) is 0 Å². The third-order valence-electron chi connectivity index (χ3n) is 2.61. The molecule has 1 aliphatic heterocycles. The van der Waals surface area contributed by atoms with Crippen LogP contribution in [0.15, 0.2) is 0 Å². The molecule has 0 saturated carbocycles. The first-order valence-electron chi connectivity index (χ1n) is 5.67. The predicted octanol–water partition coefficient (Wildman–Crippen LogP) is 1.05. The minimum absolute atomic E-state index is 0.0334. The molecule has 1 saturated heterocycles. The molecule has 0 aromatic rings. The summed E-state index contributed by atoms with van der Waals surface area (Å²) in [7, 11) is 1.80. The zero-order chi connectivity index (χ0) is 11.1. The van der Waals surface area contributed by atoms with Crippen LogP contribution in [0.4, 0.5) is 0 Å². The van der Waals surface area contributed by atoms with Gasteiger partial charge in [-0.25, -0.2) is 0 Å². The van der Waals surface area contributed by atoms with Crippen molar-refractivity contribution in [2.75, 3.05) is 33.4 Å². The van der Waals surface area contributed by atoms with Gasteiger partial charge in [0.05, 0.1) is 6.10 Å². The molecule has 1 heterocycles. The highest BCUT2D eigenvalue weighted by Crippen LogP contribution is 2.13. The average Bonchev–Trinajstić information content (AvgIpc) is 2.27. The van der Waals surface area contributed by atoms with Crippen molar-refractivity contribution in [3.05, 3.63) is 0 Å². The van der Waals surface area contributed by atoms with E-state index in [9.17, 15) is 4.79 Å². The number of hydrogen-bond acceptors (Lipinski definition) is 3. The van der Waals surface area contributed by atoms with E-state index in [-0.39, 0.29) is 18.6 Å².